The lowest BCUT2D eigenvalue weighted by Gasteiger charge is -2.17. The van der Waals surface area contributed by atoms with E-state index in [1.54, 1.807) is 0 Å². The molecule has 2 fully saturated rings. The van der Waals surface area contributed by atoms with Gasteiger partial charge in [-0.25, -0.2) is 0 Å². The number of likely N-dealkylation sites (tertiary alicyclic amines) is 1. The number of carbonyl (C=O) groups excluding carboxylic acids is 1. The Morgan fingerprint density at radius 2 is 2.10 bits per heavy atom. The van der Waals surface area contributed by atoms with Crippen molar-refractivity contribution in [3.8, 4) is 0 Å². The fourth-order valence-corrected chi connectivity index (χ4v) is 3.29. The van der Waals surface area contributed by atoms with E-state index < -0.39 is 0 Å². The molecule has 0 bridgehead atoms. The van der Waals surface area contributed by atoms with E-state index in [0.717, 1.165) is 24.4 Å². The molecule has 1 N–H and O–H groups in total. The van der Waals surface area contributed by atoms with Crippen LogP contribution < -0.4 is 0 Å². The van der Waals surface area contributed by atoms with Gasteiger partial charge in [-0.15, -0.1) is 0 Å². The first-order valence-electron chi connectivity index (χ1n) is 7.28. The lowest BCUT2D eigenvalue weighted by molar-refractivity contribution is -0.131. The second-order valence-electron chi connectivity index (χ2n) is 6.07. The van der Waals surface area contributed by atoms with Crippen molar-refractivity contribution < 1.29 is 9.90 Å². The van der Waals surface area contributed by atoms with Crippen LogP contribution in [0, 0.1) is 11.8 Å². The second kappa shape index (κ2) is 5.38. The molecule has 1 saturated carbocycles. The van der Waals surface area contributed by atoms with E-state index in [1.807, 2.05) is 36.1 Å². The molecule has 1 aromatic carbocycles. The third-order valence-electron chi connectivity index (χ3n) is 4.62. The van der Waals surface area contributed by atoms with Crippen LogP contribution in [0.25, 0.3) is 0 Å². The summed E-state index contributed by atoms with van der Waals surface area (Å²) in [4.78, 5) is 14.4. The minimum absolute atomic E-state index is 0.129. The Balaban J connectivity index is 1.59. The molecule has 1 aliphatic carbocycles. The minimum Gasteiger partial charge on any atom is -0.393 e. The first-order chi connectivity index (χ1) is 9.56. The maximum Gasteiger partial charge on any atom is 0.226 e. The van der Waals surface area contributed by atoms with Crippen LogP contribution in [0.15, 0.2) is 24.3 Å². The number of rotatable bonds is 3. The van der Waals surface area contributed by atoms with Gasteiger partial charge in [0.05, 0.1) is 6.10 Å². The quantitative estimate of drug-likeness (QED) is 0.931. The summed E-state index contributed by atoms with van der Waals surface area (Å²) < 4.78 is 0. The first-order valence-corrected chi connectivity index (χ1v) is 7.66. The third kappa shape index (κ3) is 2.70. The van der Waals surface area contributed by atoms with Crippen molar-refractivity contribution in [2.45, 2.75) is 31.8 Å². The molecule has 4 atom stereocenters. The van der Waals surface area contributed by atoms with Crippen LogP contribution in [0.4, 0.5) is 0 Å². The second-order valence-corrected chi connectivity index (χ2v) is 6.51. The highest BCUT2D eigenvalue weighted by Gasteiger charge is 2.46. The number of benzene rings is 1. The van der Waals surface area contributed by atoms with E-state index in [4.69, 9.17) is 11.6 Å². The van der Waals surface area contributed by atoms with Gasteiger partial charge in [-0.1, -0.05) is 23.7 Å². The molecule has 0 spiro atoms. The summed E-state index contributed by atoms with van der Waals surface area (Å²) in [6.07, 6.45) is 1.54. The van der Waals surface area contributed by atoms with Crippen LogP contribution in [0.1, 0.15) is 31.2 Å². The summed E-state index contributed by atoms with van der Waals surface area (Å²) in [5.74, 6) is 0.981. The molecule has 3 rings (SSSR count). The highest BCUT2D eigenvalue weighted by atomic mass is 35.5. The zero-order chi connectivity index (χ0) is 14.3. The Labute approximate surface area is 124 Å². The molecule has 108 valence electrons. The molecule has 1 saturated heterocycles. The van der Waals surface area contributed by atoms with Gasteiger partial charge >= 0.3 is 0 Å². The summed E-state index contributed by atoms with van der Waals surface area (Å²) >= 11 is 5.89. The number of halogens is 1. The van der Waals surface area contributed by atoms with E-state index in [1.165, 1.54) is 5.56 Å². The highest BCUT2D eigenvalue weighted by molar-refractivity contribution is 6.30. The van der Waals surface area contributed by atoms with Gasteiger partial charge in [0.15, 0.2) is 0 Å². The molecule has 20 heavy (non-hydrogen) atoms. The molecule has 1 aliphatic heterocycles. The van der Waals surface area contributed by atoms with E-state index in [9.17, 15) is 9.90 Å². The minimum atomic E-state index is -0.320. The molecule has 4 heteroatoms. The Hall–Kier alpha value is -1.06. The Morgan fingerprint density at radius 1 is 1.40 bits per heavy atom. The van der Waals surface area contributed by atoms with Gasteiger partial charge in [0.1, 0.15) is 0 Å². The molecule has 0 radical (unpaired) electrons. The molecule has 4 unspecified atom stereocenters. The van der Waals surface area contributed by atoms with Gasteiger partial charge in [0, 0.05) is 29.9 Å². The summed E-state index contributed by atoms with van der Waals surface area (Å²) in [6.45, 7) is 3.31. The van der Waals surface area contributed by atoms with E-state index in [-0.39, 0.29) is 23.8 Å². The van der Waals surface area contributed by atoms with Crippen LogP contribution in [0.3, 0.4) is 0 Å². The number of aliphatic hydroxyl groups excluding tert-OH is 1. The van der Waals surface area contributed by atoms with Gasteiger partial charge in [-0.05, 0) is 43.4 Å². The van der Waals surface area contributed by atoms with Gasteiger partial charge in [0.2, 0.25) is 5.91 Å². The topological polar surface area (TPSA) is 40.5 Å². The highest BCUT2D eigenvalue weighted by Crippen LogP contribution is 2.49. The number of nitrogens with zero attached hydrogens (tertiary/aromatic N) is 1. The number of amides is 1. The van der Waals surface area contributed by atoms with Crippen molar-refractivity contribution in [1.82, 2.24) is 4.90 Å². The van der Waals surface area contributed by atoms with Gasteiger partial charge in [-0.2, -0.15) is 0 Å². The average Bonchev–Trinajstić information content (AvgIpc) is 3.06. The van der Waals surface area contributed by atoms with Gasteiger partial charge < -0.3 is 10.0 Å². The summed E-state index contributed by atoms with van der Waals surface area (Å²) in [6, 6.07) is 7.80. The summed E-state index contributed by atoms with van der Waals surface area (Å²) in [5.41, 5.74) is 1.21. The number of carbonyl (C=O) groups is 1. The molecule has 3 nitrogen and oxygen atoms in total. The molecule has 1 amide bonds. The van der Waals surface area contributed by atoms with Crippen molar-refractivity contribution in [3.63, 3.8) is 0 Å². The maximum absolute atomic E-state index is 12.4. The zero-order valence-corrected chi connectivity index (χ0v) is 12.4. The lowest BCUT2D eigenvalue weighted by atomic mass is 10.0. The van der Waals surface area contributed by atoms with Crippen LogP contribution in [0.5, 0.6) is 0 Å². The monoisotopic (exact) mass is 293 g/mol. The SMILES string of the molecule is CC(O)C1CCN(C(=O)C2CC2c2ccc(Cl)cc2)C1. The fourth-order valence-electron chi connectivity index (χ4n) is 3.16. The Kier molecular flexibility index (Phi) is 3.74. The largest absolute Gasteiger partial charge is 0.393 e. The smallest absolute Gasteiger partial charge is 0.226 e. The normalized spacial score (nSPS) is 30.4. The molecule has 0 aromatic heterocycles. The predicted molar refractivity (Wildman–Crippen MR) is 78.7 cm³/mol. The van der Waals surface area contributed by atoms with E-state index in [2.05, 4.69) is 0 Å². The number of aliphatic hydroxyl groups is 1. The Bertz CT molecular complexity index is 500. The number of hydrogen-bond donors (Lipinski definition) is 1. The zero-order valence-electron chi connectivity index (χ0n) is 11.6. The molecule has 1 heterocycles. The van der Waals surface area contributed by atoms with Crippen molar-refractivity contribution in [3.05, 3.63) is 34.9 Å². The molecule has 1 aromatic rings. The third-order valence-corrected chi connectivity index (χ3v) is 4.88. The first kappa shape index (κ1) is 13.9. The van der Waals surface area contributed by atoms with Gasteiger partial charge in [-0.3, -0.25) is 4.79 Å². The fraction of sp³-hybridized carbons (Fsp3) is 0.562. The maximum atomic E-state index is 12.4. The molecular formula is C16H20ClNO2. The van der Waals surface area contributed by atoms with Crippen molar-refractivity contribution >= 4 is 17.5 Å². The van der Waals surface area contributed by atoms with Crippen LogP contribution in [-0.4, -0.2) is 35.1 Å². The number of hydrogen-bond acceptors (Lipinski definition) is 2. The van der Waals surface area contributed by atoms with Crippen molar-refractivity contribution in [2.24, 2.45) is 11.8 Å². The predicted octanol–water partition coefficient (Wildman–Crippen LogP) is 2.67. The lowest BCUT2D eigenvalue weighted by Crippen LogP contribution is -2.31. The van der Waals surface area contributed by atoms with E-state index >= 15 is 0 Å². The Morgan fingerprint density at radius 3 is 2.70 bits per heavy atom. The average molecular weight is 294 g/mol. The molecular weight excluding hydrogens is 274 g/mol. The molecule has 2 aliphatic rings. The van der Waals surface area contributed by atoms with Gasteiger partial charge in [0.25, 0.3) is 0 Å². The van der Waals surface area contributed by atoms with Crippen LogP contribution >= 0.6 is 11.6 Å². The van der Waals surface area contributed by atoms with Crippen LogP contribution in [-0.2, 0) is 4.79 Å². The van der Waals surface area contributed by atoms with Crippen molar-refractivity contribution in [2.75, 3.05) is 13.1 Å². The van der Waals surface area contributed by atoms with Crippen LogP contribution in [0.2, 0.25) is 5.02 Å². The standard InChI is InChI=1S/C16H20ClNO2/c1-10(19)12-6-7-18(9-12)16(20)15-8-14(15)11-2-4-13(17)5-3-11/h2-5,10,12,14-15,19H,6-9H2,1H3. The van der Waals surface area contributed by atoms with E-state index in [0.29, 0.717) is 12.5 Å². The summed E-state index contributed by atoms with van der Waals surface area (Å²) in [7, 11) is 0. The summed E-state index contributed by atoms with van der Waals surface area (Å²) in [5, 5.41) is 10.3. The van der Waals surface area contributed by atoms with Crippen molar-refractivity contribution in [1.29, 1.82) is 0 Å².